The molecular formula is C18H21ClO. The van der Waals surface area contributed by atoms with E-state index in [-0.39, 0.29) is 5.38 Å². The van der Waals surface area contributed by atoms with Crippen molar-refractivity contribution in [1.29, 1.82) is 0 Å². The van der Waals surface area contributed by atoms with Crippen LogP contribution in [0.5, 0.6) is 0 Å². The van der Waals surface area contributed by atoms with Gasteiger partial charge in [-0.25, -0.2) is 0 Å². The van der Waals surface area contributed by atoms with E-state index in [0.29, 0.717) is 0 Å². The van der Waals surface area contributed by atoms with Gasteiger partial charge >= 0.3 is 0 Å². The van der Waals surface area contributed by atoms with Crippen LogP contribution >= 0.6 is 11.6 Å². The predicted octanol–water partition coefficient (Wildman–Crippen LogP) is 4.71. The van der Waals surface area contributed by atoms with Crippen molar-refractivity contribution >= 4 is 11.6 Å². The summed E-state index contributed by atoms with van der Waals surface area (Å²) in [5.74, 6) is 0. The van der Waals surface area contributed by atoms with Gasteiger partial charge in [0.25, 0.3) is 0 Å². The maximum atomic E-state index is 6.53. The van der Waals surface area contributed by atoms with Gasteiger partial charge in [0.15, 0.2) is 0 Å². The van der Waals surface area contributed by atoms with Crippen LogP contribution in [-0.4, -0.2) is 13.7 Å². The zero-order valence-corrected chi connectivity index (χ0v) is 12.9. The van der Waals surface area contributed by atoms with Crippen LogP contribution in [-0.2, 0) is 17.6 Å². The molecule has 2 aromatic carbocycles. The summed E-state index contributed by atoms with van der Waals surface area (Å²) < 4.78 is 5.09. The summed E-state index contributed by atoms with van der Waals surface area (Å²) in [7, 11) is 1.73. The highest BCUT2D eigenvalue weighted by Gasteiger charge is 2.09. The number of hydrogen-bond donors (Lipinski definition) is 0. The van der Waals surface area contributed by atoms with Crippen LogP contribution in [0.3, 0.4) is 0 Å². The Balaban J connectivity index is 2.00. The Morgan fingerprint density at radius 2 is 1.80 bits per heavy atom. The molecule has 0 aliphatic carbocycles. The zero-order chi connectivity index (χ0) is 14.4. The average molecular weight is 289 g/mol. The van der Waals surface area contributed by atoms with E-state index >= 15 is 0 Å². The molecule has 0 N–H and O–H groups in total. The van der Waals surface area contributed by atoms with Crippen LogP contribution in [0.1, 0.15) is 27.6 Å². The molecule has 2 heteroatoms. The van der Waals surface area contributed by atoms with Crippen LogP contribution in [0.15, 0.2) is 48.5 Å². The van der Waals surface area contributed by atoms with Gasteiger partial charge in [-0.05, 0) is 36.5 Å². The molecule has 0 bridgehead atoms. The minimum atomic E-state index is 0.0216. The molecule has 0 aromatic heterocycles. The number of rotatable bonds is 6. The van der Waals surface area contributed by atoms with Crippen molar-refractivity contribution in [3.8, 4) is 0 Å². The summed E-state index contributed by atoms with van der Waals surface area (Å²) in [6.07, 6.45) is 1.81. The second-order valence-corrected chi connectivity index (χ2v) is 5.67. The maximum absolute atomic E-state index is 6.53. The van der Waals surface area contributed by atoms with Gasteiger partial charge in [0.1, 0.15) is 0 Å². The van der Waals surface area contributed by atoms with Crippen molar-refractivity contribution in [2.24, 2.45) is 0 Å². The highest BCUT2D eigenvalue weighted by molar-refractivity contribution is 6.20. The first-order valence-corrected chi connectivity index (χ1v) is 7.40. The Labute approximate surface area is 126 Å². The molecular weight excluding hydrogens is 268 g/mol. The van der Waals surface area contributed by atoms with E-state index in [9.17, 15) is 0 Å². The number of methoxy groups -OCH3 is 1. The Kier molecular flexibility index (Phi) is 5.63. The first-order chi connectivity index (χ1) is 9.69. The second-order valence-electron chi connectivity index (χ2n) is 5.15. The van der Waals surface area contributed by atoms with Gasteiger partial charge in [-0.2, -0.15) is 0 Å². The third-order valence-corrected chi connectivity index (χ3v) is 3.84. The van der Waals surface area contributed by atoms with Gasteiger partial charge in [0.05, 0.1) is 12.0 Å². The molecule has 0 spiro atoms. The molecule has 0 fully saturated rings. The van der Waals surface area contributed by atoms with Crippen molar-refractivity contribution < 1.29 is 4.74 Å². The van der Waals surface area contributed by atoms with Gasteiger partial charge in [-0.1, -0.05) is 54.1 Å². The minimum absolute atomic E-state index is 0.0216. The molecule has 1 nitrogen and oxygen atoms in total. The molecule has 2 rings (SSSR count). The molecule has 20 heavy (non-hydrogen) atoms. The van der Waals surface area contributed by atoms with Crippen molar-refractivity contribution in [1.82, 2.24) is 0 Å². The Bertz CT molecular complexity index is 533. The molecule has 106 valence electrons. The van der Waals surface area contributed by atoms with E-state index in [2.05, 4.69) is 55.5 Å². The molecule has 0 amide bonds. The highest BCUT2D eigenvalue weighted by Crippen LogP contribution is 2.25. The van der Waals surface area contributed by atoms with Crippen LogP contribution in [0, 0.1) is 6.92 Å². The quantitative estimate of drug-likeness (QED) is 0.700. The van der Waals surface area contributed by atoms with E-state index in [4.69, 9.17) is 16.3 Å². The fraction of sp³-hybridized carbons (Fsp3) is 0.333. The summed E-state index contributed by atoms with van der Waals surface area (Å²) in [6.45, 7) is 2.87. The smallest absolute Gasteiger partial charge is 0.0625 e. The number of ether oxygens (including phenoxy) is 1. The summed E-state index contributed by atoms with van der Waals surface area (Å²) in [5.41, 5.74) is 5.03. The molecule has 0 saturated carbocycles. The lowest BCUT2D eigenvalue weighted by Crippen LogP contribution is -1.98. The summed E-state index contributed by atoms with van der Waals surface area (Å²) in [5, 5.41) is 0.0216. The van der Waals surface area contributed by atoms with Gasteiger partial charge in [0, 0.05) is 7.11 Å². The lowest BCUT2D eigenvalue weighted by Gasteiger charge is -2.11. The molecule has 0 radical (unpaired) electrons. The number of alkyl halides is 1. The molecule has 0 aliphatic rings. The Morgan fingerprint density at radius 3 is 2.45 bits per heavy atom. The number of aryl methyl sites for hydroxylation is 1. The Hall–Kier alpha value is -1.31. The summed E-state index contributed by atoms with van der Waals surface area (Å²) in [4.78, 5) is 0. The zero-order valence-electron chi connectivity index (χ0n) is 12.1. The molecule has 2 aromatic rings. The van der Waals surface area contributed by atoms with Gasteiger partial charge < -0.3 is 4.74 Å². The number of benzene rings is 2. The minimum Gasteiger partial charge on any atom is -0.384 e. The van der Waals surface area contributed by atoms with Crippen LogP contribution in [0.25, 0.3) is 0 Å². The number of hydrogen-bond acceptors (Lipinski definition) is 1. The van der Waals surface area contributed by atoms with Gasteiger partial charge in [-0.3, -0.25) is 0 Å². The van der Waals surface area contributed by atoms with Gasteiger partial charge in [-0.15, -0.1) is 11.6 Å². The highest BCUT2D eigenvalue weighted by atomic mass is 35.5. The van der Waals surface area contributed by atoms with Crippen LogP contribution in [0.4, 0.5) is 0 Å². The maximum Gasteiger partial charge on any atom is 0.0625 e. The number of halogens is 1. The van der Waals surface area contributed by atoms with Crippen LogP contribution in [0.2, 0.25) is 0 Å². The third kappa shape index (κ3) is 4.36. The second kappa shape index (κ2) is 7.47. The first kappa shape index (κ1) is 15.1. The van der Waals surface area contributed by atoms with E-state index in [1.165, 1.54) is 22.3 Å². The third-order valence-electron chi connectivity index (χ3n) is 3.43. The van der Waals surface area contributed by atoms with E-state index < -0.39 is 0 Å². The molecule has 0 aliphatic heterocycles. The SMILES string of the molecule is COCCc1ccc(C(Cl)Cc2cccc(C)c2)cc1. The molecule has 1 atom stereocenters. The van der Waals surface area contributed by atoms with Gasteiger partial charge in [0.2, 0.25) is 0 Å². The van der Waals surface area contributed by atoms with Crippen LogP contribution < -0.4 is 0 Å². The normalized spacial score (nSPS) is 12.3. The fourth-order valence-electron chi connectivity index (χ4n) is 2.28. The Morgan fingerprint density at radius 1 is 1.05 bits per heavy atom. The first-order valence-electron chi connectivity index (χ1n) is 6.96. The summed E-state index contributed by atoms with van der Waals surface area (Å²) >= 11 is 6.53. The van der Waals surface area contributed by atoms with E-state index in [0.717, 1.165) is 19.4 Å². The molecule has 0 heterocycles. The summed E-state index contributed by atoms with van der Waals surface area (Å²) in [6, 6.07) is 17.0. The van der Waals surface area contributed by atoms with Crippen molar-refractivity contribution in [2.75, 3.05) is 13.7 Å². The van der Waals surface area contributed by atoms with E-state index in [1.54, 1.807) is 7.11 Å². The van der Waals surface area contributed by atoms with E-state index in [1.807, 2.05) is 0 Å². The van der Waals surface area contributed by atoms with Crippen molar-refractivity contribution in [3.63, 3.8) is 0 Å². The lowest BCUT2D eigenvalue weighted by atomic mass is 10.0. The standard InChI is InChI=1S/C18H21ClO/c1-14-4-3-5-16(12-14)13-18(19)17-8-6-15(7-9-17)10-11-20-2/h3-9,12,18H,10-11,13H2,1-2H3. The van der Waals surface area contributed by atoms with Crippen molar-refractivity contribution in [3.05, 3.63) is 70.8 Å². The predicted molar refractivity (Wildman–Crippen MR) is 85.5 cm³/mol. The topological polar surface area (TPSA) is 9.23 Å². The monoisotopic (exact) mass is 288 g/mol. The van der Waals surface area contributed by atoms with Crippen molar-refractivity contribution in [2.45, 2.75) is 25.1 Å². The molecule has 0 saturated heterocycles. The lowest BCUT2D eigenvalue weighted by molar-refractivity contribution is 0.202. The molecule has 1 unspecified atom stereocenters. The fourth-order valence-corrected chi connectivity index (χ4v) is 2.60. The average Bonchev–Trinajstić information content (AvgIpc) is 2.45. The largest absolute Gasteiger partial charge is 0.384 e.